The summed E-state index contributed by atoms with van der Waals surface area (Å²) in [6.45, 7) is 8.14. The molecule has 2 aromatic heterocycles. The average Bonchev–Trinajstić information content (AvgIpc) is 3.00. The molecule has 1 fully saturated rings. The van der Waals surface area contributed by atoms with E-state index in [9.17, 15) is 0 Å². The van der Waals surface area contributed by atoms with Crippen molar-refractivity contribution in [3.63, 3.8) is 0 Å². The summed E-state index contributed by atoms with van der Waals surface area (Å²) in [5.41, 5.74) is 2.07. The first kappa shape index (κ1) is 13.5. The molecule has 2 N–H and O–H groups in total. The highest BCUT2D eigenvalue weighted by molar-refractivity contribution is 7.15. The van der Waals surface area contributed by atoms with Crippen LogP contribution in [-0.4, -0.2) is 28.0 Å². The van der Waals surface area contributed by atoms with Crippen LogP contribution in [0.5, 0.6) is 0 Å². The topological polar surface area (TPSA) is 62.7 Å². The summed E-state index contributed by atoms with van der Waals surface area (Å²) in [6.07, 6.45) is 1.11. The first-order valence-electron chi connectivity index (χ1n) is 6.89. The molecule has 3 heterocycles. The molecule has 6 heteroatoms. The minimum Gasteiger partial charge on any atom is -0.316 e. The molecular formula is C14H19N5S. The number of nitrogens with zero attached hydrogens (tertiary/aromatic N) is 3. The average molecular weight is 289 g/mol. The van der Waals surface area contributed by atoms with Crippen LogP contribution in [0, 0.1) is 20.8 Å². The fourth-order valence-corrected chi connectivity index (χ4v) is 3.17. The summed E-state index contributed by atoms with van der Waals surface area (Å²) in [4.78, 5) is 15.0. The van der Waals surface area contributed by atoms with Crippen LogP contribution in [-0.2, 0) is 0 Å². The Bertz CT molecular complexity index is 597. The van der Waals surface area contributed by atoms with Crippen LogP contribution < -0.4 is 10.6 Å². The fraction of sp³-hybridized carbons (Fsp3) is 0.500. The van der Waals surface area contributed by atoms with Gasteiger partial charge in [0.15, 0.2) is 5.13 Å². The lowest BCUT2D eigenvalue weighted by atomic mass is 10.1. The van der Waals surface area contributed by atoms with Gasteiger partial charge in [-0.15, -0.1) is 11.3 Å². The Balaban J connectivity index is 1.85. The number of anilines is 2. The third-order valence-electron chi connectivity index (χ3n) is 3.56. The number of thiazole rings is 1. The van der Waals surface area contributed by atoms with Crippen LogP contribution in [0.15, 0.2) is 6.07 Å². The van der Waals surface area contributed by atoms with Crippen LogP contribution >= 0.6 is 11.3 Å². The van der Waals surface area contributed by atoms with Crippen LogP contribution in [0.3, 0.4) is 0 Å². The van der Waals surface area contributed by atoms with Gasteiger partial charge in [-0.1, -0.05) is 0 Å². The Kier molecular flexibility index (Phi) is 3.67. The molecule has 0 amide bonds. The highest BCUT2D eigenvalue weighted by Gasteiger charge is 2.20. The zero-order chi connectivity index (χ0) is 14.1. The zero-order valence-electron chi connectivity index (χ0n) is 12.0. The largest absolute Gasteiger partial charge is 0.316 e. The van der Waals surface area contributed by atoms with E-state index < -0.39 is 0 Å². The van der Waals surface area contributed by atoms with Crippen molar-refractivity contribution < 1.29 is 0 Å². The Labute approximate surface area is 122 Å². The molecular weight excluding hydrogens is 270 g/mol. The molecule has 106 valence electrons. The van der Waals surface area contributed by atoms with Gasteiger partial charge in [-0.25, -0.2) is 15.0 Å². The Hall–Kier alpha value is -1.53. The van der Waals surface area contributed by atoms with E-state index in [1.165, 1.54) is 4.88 Å². The van der Waals surface area contributed by atoms with Crippen LogP contribution in [0.25, 0.3) is 0 Å². The van der Waals surface area contributed by atoms with Gasteiger partial charge in [-0.2, -0.15) is 0 Å². The lowest BCUT2D eigenvalue weighted by Crippen LogP contribution is -2.11. The first-order chi connectivity index (χ1) is 9.61. The first-order valence-corrected chi connectivity index (χ1v) is 7.71. The SMILES string of the molecule is Cc1cc(Nc2nc(C)c(C)s2)nc([C@@H]2CCNC2)n1. The van der Waals surface area contributed by atoms with Gasteiger partial charge in [0.05, 0.1) is 5.69 Å². The molecule has 1 saturated heterocycles. The summed E-state index contributed by atoms with van der Waals surface area (Å²) in [6, 6.07) is 1.97. The molecule has 2 aromatic rings. The molecule has 0 radical (unpaired) electrons. The van der Waals surface area contributed by atoms with E-state index in [0.717, 1.165) is 47.7 Å². The number of hydrogen-bond acceptors (Lipinski definition) is 6. The van der Waals surface area contributed by atoms with Gasteiger partial charge in [0, 0.05) is 29.1 Å². The molecule has 0 unspecified atom stereocenters. The Morgan fingerprint density at radius 2 is 2.10 bits per heavy atom. The van der Waals surface area contributed by atoms with E-state index in [0.29, 0.717) is 5.92 Å². The predicted octanol–water partition coefficient (Wildman–Crippen LogP) is 2.68. The van der Waals surface area contributed by atoms with E-state index in [4.69, 9.17) is 0 Å². The molecule has 0 spiro atoms. The van der Waals surface area contributed by atoms with Crippen molar-refractivity contribution in [2.45, 2.75) is 33.1 Å². The molecule has 1 atom stereocenters. The molecule has 0 aromatic carbocycles. The van der Waals surface area contributed by atoms with E-state index >= 15 is 0 Å². The quantitative estimate of drug-likeness (QED) is 0.909. The van der Waals surface area contributed by atoms with E-state index in [1.54, 1.807) is 11.3 Å². The second kappa shape index (κ2) is 5.46. The van der Waals surface area contributed by atoms with Crippen molar-refractivity contribution in [2.24, 2.45) is 0 Å². The van der Waals surface area contributed by atoms with Crippen molar-refractivity contribution in [1.29, 1.82) is 0 Å². The molecule has 0 aliphatic carbocycles. The number of aryl methyl sites for hydroxylation is 3. The Morgan fingerprint density at radius 3 is 2.75 bits per heavy atom. The highest BCUT2D eigenvalue weighted by atomic mass is 32.1. The van der Waals surface area contributed by atoms with Crippen LogP contribution in [0.2, 0.25) is 0 Å². The third kappa shape index (κ3) is 2.81. The smallest absolute Gasteiger partial charge is 0.188 e. The van der Waals surface area contributed by atoms with Crippen LogP contribution in [0.4, 0.5) is 10.9 Å². The maximum Gasteiger partial charge on any atom is 0.188 e. The lowest BCUT2D eigenvalue weighted by Gasteiger charge is -2.10. The number of hydrogen-bond donors (Lipinski definition) is 2. The van der Waals surface area contributed by atoms with Crippen molar-refractivity contribution in [2.75, 3.05) is 18.4 Å². The maximum atomic E-state index is 4.65. The van der Waals surface area contributed by atoms with Crippen molar-refractivity contribution in [3.8, 4) is 0 Å². The standard InChI is InChI=1S/C14H19N5S/c1-8-6-12(19-14-17-9(2)10(3)20-14)18-13(16-8)11-4-5-15-7-11/h6,11,15H,4-5,7H2,1-3H3,(H,16,17,18,19)/t11-/m1/s1. The molecule has 20 heavy (non-hydrogen) atoms. The van der Waals surface area contributed by atoms with Crippen molar-refractivity contribution >= 4 is 22.3 Å². The number of rotatable bonds is 3. The van der Waals surface area contributed by atoms with Gasteiger partial charge < -0.3 is 10.6 Å². The van der Waals surface area contributed by atoms with Gasteiger partial charge in [0.2, 0.25) is 0 Å². The normalized spacial score (nSPS) is 18.4. The molecule has 0 saturated carbocycles. The van der Waals surface area contributed by atoms with E-state index in [-0.39, 0.29) is 0 Å². The predicted molar refractivity (Wildman–Crippen MR) is 81.9 cm³/mol. The van der Waals surface area contributed by atoms with E-state index in [1.807, 2.05) is 19.9 Å². The van der Waals surface area contributed by atoms with Gasteiger partial charge in [-0.3, -0.25) is 0 Å². The number of aromatic nitrogens is 3. The molecule has 0 bridgehead atoms. The Morgan fingerprint density at radius 1 is 1.25 bits per heavy atom. The highest BCUT2D eigenvalue weighted by Crippen LogP contribution is 2.26. The minimum atomic E-state index is 0.426. The zero-order valence-corrected chi connectivity index (χ0v) is 12.8. The second-order valence-corrected chi connectivity index (χ2v) is 6.43. The van der Waals surface area contributed by atoms with Crippen LogP contribution in [0.1, 0.15) is 34.4 Å². The second-order valence-electron chi connectivity index (χ2n) is 5.23. The van der Waals surface area contributed by atoms with Crippen molar-refractivity contribution in [1.82, 2.24) is 20.3 Å². The lowest BCUT2D eigenvalue weighted by molar-refractivity contribution is 0.698. The summed E-state index contributed by atoms with van der Waals surface area (Å²) in [5, 5.41) is 7.56. The molecule has 5 nitrogen and oxygen atoms in total. The summed E-state index contributed by atoms with van der Waals surface area (Å²) >= 11 is 1.66. The summed E-state index contributed by atoms with van der Waals surface area (Å²) < 4.78 is 0. The van der Waals surface area contributed by atoms with Crippen molar-refractivity contribution in [3.05, 3.63) is 28.2 Å². The monoisotopic (exact) mass is 289 g/mol. The molecule has 1 aliphatic rings. The molecule has 3 rings (SSSR count). The minimum absolute atomic E-state index is 0.426. The molecule has 1 aliphatic heterocycles. The number of nitrogens with one attached hydrogen (secondary N) is 2. The van der Waals surface area contributed by atoms with Gasteiger partial charge in [0.25, 0.3) is 0 Å². The third-order valence-corrected chi connectivity index (χ3v) is 4.55. The summed E-state index contributed by atoms with van der Waals surface area (Å²) in [7, 11) is 0. The summed E-state index contributed by atoms with van der Waals surface area (Å²) in [5.74, 6) is 2.20. The fourth-order valence-electron chi connectivity index (χ4n) is 2.35. The maximum absolute atomic E-state index is 4.65. The van der Waals surface area contributed by atoms with Gasteiger partial charge in [0.1, 0.15) is 11.6 Å². The van der Waals surface area contributed by atoms with Gasteiger partial charge in [-0.05, 0) is 33.7 Å². The van der Waals surface area contributed by atoms with Gasteiger partial charge >= 0.3 is 0 Å². The van der Waals surface area contributed by atoms with E-state index in [2.05, 4.69) is 32.5 Å².